The van der Waals surface area contributed by atoms with Gasteiger partial charge in [0.1, 0.15) is 5.75 Å². The van der Waals surface area contributed by atoms with Crippen molar-refractivity contribution in [2.75, 3.05) is 31.6 Å². The van der Waals surface area contributed by atoms with Crippen molar-refractivity contribution in [2.24, 2.45) is 0 Å². The van der Waals surface area contributed by atoms with E-state index in [0.29, 0.717) is 6.04 Å². The number of benzene rings is 1. The molecule has 1 N–H and O–H groups in total. The summed E-state index contributed by atoms with van der Waals surface area (Å²) in [5.41, 5.74) is 1.25. The molecule has 1 saturated heterocycles. The van der Waals surface area contributed by atoms with E-state index in [9.17, 15) is 0 Å². The van der Waals surface area contributed by atoms with E-state index in [1.807, 2.05) is 6.07 Å². The maximum absolute atomic E-state index is 5.36. The molecule has 19 heavy (non-hydrogen) atoms. The summed E-state index contributed by atoms with van der Waals surface area (Å²) in [5.74, 6) is 0.911. The number of halogens is 1. The summed E-state index contributed by atoms with van der Waals surface area (Å²) in [7, 11) is 1.72. The van der Waals surface area contributed by atoms with Crippen LogP contribution in [-0.2, 0) is 0 Å². The highest BCUT2D eigenvalue weighted by Crippen LogP contribution is 2.28. The lowest BCUT2D eigenvalue weighted by Gasteiger charge is -2.27. The number of methoxy groups -OCH3 is 1. The lowest BCUT2D eigenvalue weighted by molar-refractivity contribution is 0.414. The van der Waals surface area contributed by atoms with Crippen LogP contribution in [0.2, 0.25) is 0 Å². The summed E-state index contributed by atoms with van der Waals surface area (Å²) in [4.78, 5) is 2.47. The Morgan fingerprint density at radius 1 is 1.42 bits per heavy atom. The van der Waals surface area contributed by atoms with Crippen LogP contribution in [0.5, 0.6) is 5.75 Å². The first-order valence-corrected chi connectivity index (χ1v) is 7.85. The minimum atomic E-state index is 0.595. The van der Waals surface area contributed by atoms with Gasteiger partial charge in [0.05, 0.1) is 7.11 Å². The molecule has 4 heteroatoms. The van der Waals surface area contributed by atoms with Crippen molar-refractivity contribution in [1.29, 1.82) is 0 Å². The third-order valence-electron chi connectivity index (χ3n) is 3.57. The van der Waals surface area contributed by atoms with E-state index in [1.54, 1.807) is 7.11 Å². The number of nitrogens with one attached hydrogen (secondary N) is 1. The van der Waals surface area contributed by atoms with Crippen LogP contribution in [0.3, 0.4) is 0 Å². The number of hydrogen-bond acceptors (Lipinski definition) is 3. The number of anilines is 1. The summed E-state index contributed by atoms with van der Waals surface area (Å²) in [5, 5.41) is 3.64. The Bertz CT molecular complexity index is 411. The molecule has 2 rings (SSSR count). The maximum Gasteiger partial charge on any atom is 0.122 e. The van der Waals surface area contributed by atoms with Crippen molar-refractivity contribution in [1.82, 2.24) is 5.32 Å². The van der Waals surface area contributed by atoms with E-state index in [-0.39, 0.29) is 0 Å². The minimum Gasteiger partial charge on any atom is -0.497 e. The fourth-order valence-electron chi connectivity index (χ4n) is 2.62. The molecule has 0 radical (unpaired) electrons. The predicted molar refractivity (Wildman–Crippen MR) is 84.2 cm³/mol. The Labute approximate surface area is 124 Å². The summed E-state index contributed by atoms with van der Waals surface area (Å²) in [6.07, 6.45) is 3.66. The van der Waals surface area contributed by atoms with E-state index >= 15 is 0 Å². The fourth-order valence-corrected chi connectivity index (χ4v) is 3.08. The van der Waals surface area contributed by atoms with Crippen molar-refractivity contribution in [3.8, 4) is 5.75 Å². The van der Waals surface area contributed by atoms with Crippen LogP contribution in [0, 0.1) is 0 Å². The van der Waals surface area contributed by atoms with Gasteiger partial charge in [0.2, 0.25) is 0 Å². The number of ether oxygens (including phenoxy) is 1. The fraction of sp³-hybridized carbons (Fsp3) is 0.600. The molecule has 1 atom stereocenters. The second-order valence-corrected chi connectivity index (χ2v) is 6.00. The van der Waals surface area contributed by atoms with E-state index in [4.69, 9.17) is 4.74 Å². The Morgan fingerprint density at radius 3 is 3.00 bits per heavy atom. The number of nitrogens with zero attached hydrogens (tertiary/aromatic N) is 1. The average Bonchev–Trinajstić information content (AvgIpc) is 2.64. The molecular weight excluding hydrogens is 304 g/mol. The van der Waals surface area contributed by atoms with Crippen molar-refractivity contribution < 1.29 is 4.74 Å². The molecule has 3 nitrogen and oxygen atoms in total. The molecular formula is C15H23BrN2O. The number of rotatable bonds is 4. The molecule has 0 aliphatic carbocycles. The molecule has 0 saturated carbocycles. The average molecular weight is 327 g/mol. The number of hydrogen-bond donors (Lipinski definition) is 1. The minimum absolute atomic E-state index is 0.595. The van der Waals surface area contributed by atoms with Crippen LogP contribution >= 0.6 is 15.9 Å². The lowest BCUT2D eigenvalue weighted by atomic mass is 10.1. The van der Waals surface area contributed by atoms with Crippen LogP contribution in [0.1, 0.15) is 26.2 Å². The van der Waals surface area contributed by atoms with E-state index in [1.165, 1.54) is 24.9 Å². The molecule has 1 fully saturated rings. The zero-order chi connectivity index (χ0) is 13.7. The first-order valence-electron chi connectivity index (χ1n) is 7.06. The van der Waals surface area contributed by atoms with Gasteiger partial charge in [-0.25, -0.2) is 0 Å². The molecule has 106 valence electrons. The Balaban J connectivity index is 2.16. The molecule has 0 bridgehead atoms. The summed E-state index contributed by atoms with van der Waals surface area (Å²) in [6, 6.07) is 6.90. The lowest BCUT2D eigenvalue weighted by Crippen LogP contribution is -2.37. The molecule has 1 aliphatic rings. The molecule has 1 aliphatic heterocycles. The smallest absolute Gasteiger partial charge is 0.122 e. The van der Waals surface area contributed by atoms with Gasteiger partial charge >= 0.3 is 0 Å². The van der Waals surface area contributed by atoms with Crippen LogP contribution in [-0.4, -0.2) is 32.8 Å². The van der Waals surface area contributed by atoms with Gasteiger partial charge in [-0.2, -0.15) is 0 Å². The first kappa shape index (κ1) is 14.7. The van der Waals surface area contributed by atoms with Crippen molar-refractivity contribution in [2.45, 2.75) is 32.2 Å². The molecule has 1 aromatic rings. The van der Waals surface area contributed by atoms with Crippen molar-refractivity contribution >= 4 is 21.6 Å². The van der Waals surface area contributed by atoms with E-state index in [2.05, 4.69) is 45.2 Å². The van der Waals surface area contributed by atoms with Crippen LogP contribution < -0.4 is 15.0 Å². The van der Waals surface area contributed by atoms with Gasteiger partial charge in [-0.1, -0.05) is 29.3 Å². The second-order valence-electron chi connectivity index (χ2n) is 5.09. The maximum atomic E-state index is 5.36. The zero-order valence-corrected chi connectivity index (χ0v) is 13.4. The zero-order valence-electron chi connectivity index (χ0n) is 11.8. The normalized spacial score (nSPS) is 20.2. The van der Waals surface area contributed by atoms with Gasteiger partial charge in [-0.05, 0) is 31.5 Å². The largest absolute Gasteiger partial charge is 0.497 e. The SMILES string of the molecule is CCCC1CN(c2cc(Br)cc(OC)c2)CCCN1. The summed E-state index contributed by atoms with van der Waals surface area (Å²) >= 11 is 3.56. The van der Waals surface area contributed by atoms with E-state index < -0.39 is 0 Å². The highest BCUT2D eigenvalue weighted by atomic mass is 79.9. The van der Waals surface area contributed by atoms with Gasteiger partial charge in [0, 0.05) is 35.4 Å². The molecule has 0 spiro atoms. The second kappa shape index (κ2) is 7.15. The van der Waals surface area contributed by atoms with Crippen LogP contribution in [0.4, 0.5) is 5.69 Å². The highest BCUT2D eigenvalue weighted by molar-refractivity contribution is 9.10. The third-order valence-corrected chi connectivity index (χ3v) is 4.03. The topological polar surface area (TPSA) is 24.5 Å². The van der Waals surface area contributed by atoms with Crippen molar-refractivity contribution in [3.05, 3.63) is 22.7 Å². The predicted octanol–water partition coefficient (Wildman–Crippen LogP) is 3.43. The van der Waals surface area contributed by atoms with Gasteiger partial charge < -0.3 is 15.0 Å². The molecule has 1 unspecified atom stereocenters. The molecule has 0 amide bonds. The quantitative estimate of drug-likeness (QED) is 0.917. The van der Waals surface area contributed by atoms with Gasteiger partial charge in [-0.15, -0.1) is 0 Å². The summed E-state index contributed by atoms with van der Waals surface area (Å²) in [6.45, 7) is 5.55. The van der Waals surface area contributed by atoms with E-state index in [0.717, 1.165) is 29.9 Å². The van der Waals surface area contributed by atoms with Gasteiger partial charge in [0.25, 0.3) is 0 Å². The van der Waals surface area contributed by atoms with Crippen LogP contribution in [0.25, 0.3) is 0 Å². The molecule has 1 heterocycles. The van der Waals surface area contributed by atoms with Gasteiger partial charge in [-0.3, -0.25) is 0 Å². The first-order chi connectivity index (χ1) is 9.22. The van der Waals surface area contributed by atoms with Crippen LogP contribution in [0.15, 0.2) is 22.7 Å². The highest BCUT2D eigenvalue weighted by Gasteiger charge is 2.18. The summed E-state index contributed by atoms with van der Waals surface area (Å²) < 4.78 is 6.43. The standard InChI is InChI=1S/C15H23BrN2O/c1-3-5-13-11-18(7-4-6-17-13)14-8-12(16)9-15(10-14)19-2/h8-10,13,17H,3-7,11H2,1-2H3. The third kappa shape index (κ3) is 4.11. The molecule has 0 aromatic heterocycles. The Hall–Kier alpha value is -0.740. The van der Waals surface area contributed by atoms with Crippen molar-refractivity contribution in [3.63, 3.8) is 0 Å². The Morgan fingerprint density at radius 2 is 2.26 bits per heavy atom. The monoisotopic (exact) mass is 326 g/mol. The molecule has 1 aromatic carbocycles. The Kier molecular flexibility index (Phi) is 5.52. The van der Waals surface area contributed by atoms with Gasteiger partial charge in [0.15, 0.2) is 0 Å².